The summed E-state index contributed by atoms with van der Waals surface area (Å²) < 4.78 is 5.23. The average Bonchev–Trinajstić information content (AvgIpc) is 3.01. The van der Waals surface area contributed by atoms with Gasteiger partial charge in [-0.3, -0.25) is 19.2 Å². The zero-order valence-corrected chi connectivity index (χ0v) is 25.3. The fourth-order valence-corrected chi connectivity index (χ4v) is 9.40. The molecule has 3 saturated carbocycles. The summed E-state index contributed by atoms with van der Waals surface area (Å²) in [4.78, 5) is 52.1. The van der Waals surface area contributed by atoms with Gasteiger partial charge in [-0.15, -0.1) is 0 Å². The highest BCUT2D eigenvalue weighted by Crippen LogP contribution is 2.74. The molecule has 0 radical (unpaired) electrons. The summed E-state index contributed by atoms with van der Waals surface area (Å²) in [6.45, 7) is 15.4. The van der Waals surface area contributed by atoms with Crippen LogP contribution in [0, 0.1) is 39.4 Å². The van der Waals surface area contributed by atoms with Crippen molar-refractivity contribution in [3.63, 3.8) is 0 Å². The largest absolute Gasteiger partial charge is 0.456 e. The molecule has 0 amide bonds. The maximum Gasteiger partial charge on any atom is 0.303 e. The first-order valence-electron chi connectivity index (χ1n) is 14.4. The van der Waals surface area contributed by atoms with Crippen molar-refractivity contribution in [3.8, 4) is 0 Å². The van der Waals surface area contributed by atoms with Gasteiger partial charge in [0.15, 0.2) is 11.6 Å². The van der Waals surface area contributed by atoms with E-state index < -0.39 is 62.7 Å². The quantitative estimate of drug-likeness (QED) is 0.265. The number of esters is 1. The zero-order chi connectivity index (χ0) is 30.4. The van der Waals surface area contributed by atoms with Crippen LogP contribution in [-0.4, -0.2) is 62.0 Å². The second-order valence-corrected chi connectivity index (χ2v) is 14.8. The smallest absolute Gasteiger partial charge is 0.303 e. The number of ketones is 3. The third-order valence-corrected chi connectivity index (χ3v) is 11.5. The first-order valence-corrected chi connectivity index (χ1v) is 14.4. The third-order valence-electron chi connectivity index (χ3n) is 11.5. The molecular weight excluding hydrogens is 512 g/mol. The second-order valence-electron chi connectivity index (χ2n) is 14.8. The topological polar surface area (TPSA) is 138 Å². The van der Waals surface area contributed by atoms with Gasteiger partial charge in [-0.05, 0) is 88.7 Å². The predicted molar refractivity (Wildman–Crippen MR) is 148 cm³/mol. The Hall–Kier alpha value is -2.16. The maximum absolute atomic E-state index is 14.3. The van der Waals surface area contributed by atoms with Gasteiger partial charge in [-0.2, -0.15) is 0 Å². The predicted octanol–water partition coefficient (Wildman–Crippen LogP) is 3.50. The molecule has 0 aromatic carbocycles. The van der Waals surface area contributed by atoms with Crippen LogP contribution in [0.15, 0.2) is 23.8 Å². The Morgan fingerprint density at radius 3 is 2.23 bits per heavy atom. The summed E-state index contributed by atoms with van der Waals surface area (Å²) in [5, 5.41) is 34.0. The highest BCUT2D eigenvalue weighted by Gasteiger charge is 2.74. The van der Waals surface area contributed by atoms with Crippen LogP contribution in [0.2, 0.25) is 0 Å². The lowest BCUT2D eigenvalue weighted by Crippen LogP contribution is -2.65. The Kier molecular flexibility index (Phi) is 7.06. The lowest BCUT2D eigenvalue weighted by Gasteiger charge is -2.64. The number of ether oxygens (including phenoxy) is 1. The molecule has 8 heteroatoms. The highest BCUT2D eigenvalue weighted by atomic mass is 16.6. The molecule has 0 heterocycles. The van der Waals surface area contributed by atoms with Crippen molar-refractivity contribution in [2.24, 2.45) is 39.4 Å². The highest BCUT2D eigenvalue weighted by molar-refractivity contribution is 5.98. The van der Waals surface area contributed by atoms with Crippen LogP contribution in [0.4, 0.5) is 0 Å². The van der Waals surface area contributed by atoms with Gasteiger partial charge >= 0.3 is 5.97 Å². The minimum Gasteiger partial charge on any atom is -0.456 e. The number of aliphatic hydroxyl groups excluding tert-OH is 2. The standard InChI is InChI=1S/C32H46O8/c1-17(33)40-27(2,3)13-12-23(36)32(9,39)25-21(35)15-29(6)22-11-10-18-19(14-20(34)26(38)28(18,4)5)31(22,8)24(37)16-30(25,29)7/h10,12-13,19-22,25,34-35,39H,11,14-16H2,1-9H3/t19-,20+,21-,22+,25+,29+,30-,31+,32-/m1/s1. The molecule has 0 aromatic rings. The summed E-state index contributed by atoms with van der Waals surface area (Å²) >= 11 is 0. The van der Waals surface area contributed by atoms with Crippen LogP contribution in [0.25, 0.3) is 0 Å². The van der Waals surface area contributed by atoms with Crippen molar-refractivity contribution in [2.45, 2.75) is 111 Å². The number of rotatable bonds is 5. The van der Waals surface area contributed by atoms with Crippen LogP contribution in [-0.2, 0) is 23.9 Å². The molecule has 0 saturated heterocycles. The van der Waals surface area contributed by atoms with Crippen LogP contribution in [0.5, 0.6) is 0 Å². The van der Waals surface area contributed by atoms with Gasteiger partial charge in [-0.25, -0.2) is 0 Å². The number of hydrogen-bond donors (Lipinski definition) is 3. The third kappa shape index (κ3) is 4.11. The van der Waals surface area contributed by atoms with Gasteiger partial charge in [0.25, 0.3) is 0 Å². The molecule has 3 N–H and O–H groups in total. The monoisotopic (exact) mass is 558 g/mol. The Morgan fingerprint density at radius 1 is 1.05 bits per heavy atom. The lowest BCUT2D eigenvalue weighted by atomic mass is 9.38. The van der Waals surface area contributed by atoms with E-state index in [-0.39, 0.29) is 36.2 Å². The van der Waals surface area contributed by atoms with Crippen LogP contribution in [0.3, 0.4) is 0 Å². The molecule has 0 bridgehead atoms. The van der Waals surface area contributed by atoms with Crippen molar-refractivity contribution in [1.29, 1.82) is 0 Å². The van der Waals surface area contributed by atoms with E-state index >= 15 is 0 Å². The van der Waals surface area contributed by atoms with Crippen molar-refractivity contribution >= 4 is 23.3 Å². The van der Waals surface area contributed by atoms with Gasteiger partial charge in [0, 0.05) is 30.1 Å². The Morgan fingerprint density at radius 2 is 1.65 bits per heavy atom. The van der Waals surface area contributed by atoms with E-state index in [1.54, 1.807) is 13.8 Å². The van der Waals surface area contributed by atoms with Gasteiger partial charge in [0.2, 0.25) is 0 Å². The number of hydrogen-bond acceptors (Lipinski definition) is 8. The van der Waals surface area contributed by atoms with E-state index in [1.165, 1.54) is 26.0 Å². The van der Waals surface area contributed by atoms with Crippen LogP contribution < -0.4 is 0 Å². The summed E-state index contributed by atoms with van der Waals surface area (Å²) in [5.74, 6) is -2.85. The van der Waals surface area contributed by atoms with Crippen molar-refractivity contribution in [3.05, 3.63) is 23.8 Å². The van der Waals surface area contributed by atoms with Crippen molar-refractivity contribution in [1.82, 2.24) is 0 Å². The van der Waals surface area contributed by atoms with Crippen LogP contribution >= 0.6 is 0 Å². The average molecular weight is 559 g/mol. The molecule has 4 rings (SSSR count). The first-order chi connectivity index (χ1) is 18.1. The summed E-state index contributed by atoms with van der Waals surface area (Å²) in [7, 11) is 0. The summed E-state index contributed by atoms with van der Waals surface area (Å²) in [5.41, 5.74) is -5.43. The SMILES string of the molecule is CC(=O)OC(C)(C)C=CC(=O)[C@@](C)(O)[C@H]1[C@H](O)C[C@@]2(C)[C@@H]3CC=C4[C@@H](C[C@H](O)C(=O)C4(C)C)[C@]3(C)C(=O)C[C@]12C. The van der Waals surface area contributed by atoms with E-state index in [0.717, 1.165) is 5.57 Å². The zero-order valence-electron chi connectivity index (χ0n) is 25.3. The molecule has 0 unspecified atom stereocenters. The molecule has 4 aliphatic rings. The molecule has 0 spiro atoms. The normalized spacial score (nSPS) is 42.4. The molecule has 8 nitrogen and oxygen atoms in total. The molecule has 0 aromatic heterocycles. The number of aliphatic hydroxyl groups is 3. The molecule has 4 aliphatic carbocycles. The Labute approximate surface area is 237 Å². The summed E-state index contributed by atoms with van der Waals surface area (Å²) in [6.07, 6.45) is 3.55. The summed E-state index contributed by atoms with van der Waals surface area (Å²) in [6, 6.07) is 0. The van der Waals surface area contributed by atoms with E-state index in [4.69, 9.17) is 4.74 Å². The number of carbonyl (C=O) groups is 4. The molecule has 9 atom stereocenters. The van der Waals surface area contributed by atoms with Gasteiger partial charge in [-0.1, -0.05) is 32.4 Å². The molecule has 3 fully saturated rings. The second kappa shape index (κ2) is 9.17. The van der Waals surface area contributed by atoms with E-state index in [9.17, 15) is 34.5 Å². The minimum absolute atomic E-state index is 0.0284. The van der Waals surface area contributed by atoms with Gasteiger partial charge in [0.1, 0.15) is 23.1 Å². The number of carbonyl (C=O) groups excluding carboxylic acids is 4. The van der Waals surface area contributed by atoms with Crippen LogP contribution in [0.1, 0.15) is 88.0 Å². The minimum atomic E-state index is -1.99. The first kappa shape index (κ1) is 30.8. The number of allylic oxidation sites excluding steroid dienone is 2. The molecule has 222 valence electrons. The molecule has 0 aliphatic heterocycles. The van der Waals surface area contributed by atoms with E-state index in [2.05, 4.69) is 13.0 Å². The van der Waals surface area contributed by atoms with Crippen molar-refractivity contribution in [2.75, 3.05) is 0 Å². The maximum atomic E-state index is 14.3. The van der Waals surface area contributed by atoms with E-state index in [1.807, 2.05) is 27.7 Å². The van der Waals surface area contributed by atoms with Gasteiger partial charge < -0.3 is 20.1 Å². The number of Topliss-reactive ketones (excluding diaryl/α,β-unsaturated/α-hetero) is 2. The lowest BCUT2D eigenvalue weighted by molar-refractivity contribution is -0.183. The Bertz CT molecular complexity index is 1210. The Balaban J connectivity index is 1.75. The van der Waals surface area contributed by atoms with Crippen molar-refractivity contribution < 1.29 is 39.2 Å². The number of fused-ring (bicyclic) bond motifs is 5. The van der Waals surface area contributed by atoms with Gasteiger partial charge in [0.05, 0.1) is 6.10 Å². The fourth-order valence-electron chi connectivity index (χ4n) is 9.40. The molecule has 40 heavy (non-hydrogen) atoms. The van der Waals surface area contributed by atoms with E-state index in [0.29, 0.717) is 12.8 Å². The molecular formula is C32H46O8. The fraction of sp³-hybridized carbons (Fsp3) is 0.750.